The molecule has 2 amide bonds. The molecule has 196 valence electrons. The van der Waals surface area contributed by atoms with Gasteiger partial charge in [-0.2, -0.15) is 0 Å². The number of nitrogens with one attached hydrogen (secondary N) is 3. The van der Waals surface area contributed by atoms with E-state index in [-0.39, 0.29) is 6.03 Å². The zero-order valence-corrected chi connectivity index (χ0v) is 22.2. The Hall–Kier alpha value is -4.72. The van der Waals surface area contributed by atoms with Crippen molar-refractivity contribution in [2.75, 3.05) is 38.3 Å². The summed E-state index contributed by atoms with van der Waals surface area (Å²) < 4.78 is 0. The highest BCUT2D eigenvalue weighted by Crippen LogP contribution is 2.24. The fourth-order valence-corrected chi connectivity index (χ4v) is 4.02. The fourth-order valence-electron chi connectivity index (χ4n) is 4.02. The van der Waals surface area contributed by atoms with E-state index in [1.807, 2.05) is 68.7 Å². The number of hydrogen-bond acceptors (Lipinski definition) is 6. The molecule has 0 saturated heterocycles. The Bertz CT molecular complexity index is 1340. The van der Waals surface area contributed by atoms with Gasteiger partial charge in [0.1, 0.15) is 5.82 Å². The summed E-state index contributed by atoms with van der Waals surface area (Å²) in [6, 6.07) is 26.2. The molecule has 3 N–H and O–H groups in total. The SMILES string of the molecule is C=C1N=C(c2ccccc2)NN1C.C=C1Nc2ccccc2CN1C.CN1CCc2ccccc2NC1=O. The first-order valence-electron chi connectivity index (χ1n) is 12.5. The number of hydrazine groups is 1. The second kappa shape index (κ2) is 12.0. The average Bonchev–Trinajstić information content (AvgIpc) is 3.19. The number of para-hydroxylation sites is 2. The van der Waals surface area contributed by atoms with Crippen molar-refractivity contribution in [1.29, 1.82) is 0 Å². The molecule has 3 heterocycles. The first kappa shape index (κ1) is 26.3. The maximum absolute atomic E-state index is 11.4. The zero-order chi connectivity index (χ0) is 27.1. The molecule has 3 aromatic rings. The number of likely N-dealkylation sites (N-methyl/N-ethyl adjacent to an activating group) is 1. The minimum Gasteiger partial charge on any atom is -0.357 e. The van der Waals surface area contributed by atoms with Crippen molar-refractivity contribution in [2.45, 2.75) is 13.0 Å². The zero-order valence-electron chi connectivity index (χ0n) is 22.2. The number of fused-ring (bicyclic) bond motifs is 2. The van der Waals surface area contributed by atoms with E-state index in [1.54, 1.807) is 17.0 Å². The van der Waals surface area contributed by atoms with Crippen LogP contribution in [0.25, 0.3) is 0 Å². The van der Waals surface area contributed by atoms with Crippen molar-refractivity contribution in [1.82, 2.24) is 20.2 Å². The van der Waals surface area contributed by atoms with E-state index in [4.69, 9.17) is 0 Å². The lowest BCUT2D eigenvalue weighted by Gasteiger charge is -2.29. The lowest BCUT2D eigenvalue weighted by molar-refractivity contribution is 0.224. The van der Waals surface area contributed by atoms with Gasteiger partial charge in [0.2, 0.25) is 0 Å². The van der Waals surface area contributed by atoms with Gasteiger partial charge in [0.25, 0.3) is 0 Å². The third kappa shape index (κ3) is 6.53. The molecule has 0 spiro atoms. The molecule has 8 nitrogen and oxygen atoms in total. The summed E-state index contributed by atoms with van der Waals surface area (Å²) >= 11 is 0. The molecule has 0 atom stereocenters. The fraction of sp³-hybridized carbons (Fsp3) is 0.200. The summed E-state index contributed by atoms with van der Waals surface area (Å²) in [7, 11) is 5.73. The van der Waals surface area contributed by atoms with Gasteiger partial charge in [-0.15, -0.1) is 0 Å². The van der Waals surface area contributed by atoms with Crippen molar-refractivity contribution in [2.24, 2.45) is 4.99 Å². The Morgan fingerprint density at radius 2 is 1.37 bits per heavy atom. The van der Waals surface area contributed by atoms with E-state index >= 15 is 0 Å². The van der Waals surface area contributed by atoms with Crippen molar-refractivity contribution in [3.8, 4) is 0 Å². The van der Waals surface area contributed by atoms with Crippen LogP contribution in [0.3, 0.4) is 0 Å². The van der Waals surface area contributed by atoms with Crippen LogP contribution in [-0.4, -0.2) is 54.4 Å². The predicted octanol–water partition coefficient (Wildman–Crippen LogP) is 5.08. The molecule has 0 bridgehead atoms. The summed E-state index contributed by atoms with van der Waals surface area (Å²) in [6.07, 6.45) is 0.922. The molecule has 0 unspecified atom stereocenters. The maximum atomic E-state index is 11.4. The highest BCUT2D eigenvalue weighted by molar-refractivity contribution is 6.00. The Morgan fingerprint density at radius 3 is 2.03 bits per heavy atom. The maximum Gasteiger partial charge on any atom is 0.321 e. The molecule has 3 aliphatic rings. The van der Waals surface area contributed by atoms with E-state index in [0.717, 1.165) is 48.2 Å². The minimum atomic E-state index is -0.0232. The van der Waals surface area contributed by atoms with Gasteiger partial charge in [0.15, 0.2) is 5.84 Å². The van der Waals surface area contributed by atoms with Crippen LogP contribution in [0.15, 0.2) is 109 Å². The number of anilines is 2. The molecule has 0 aliphatic carbocycles. The van der Waals surface area contributed by atoms with Gasteiger partial charge in [-0.1, -0.05) is 79.9 Å². The molecule has 8 heteroatoms. The second-order valence-electron chi connectivity index (χ2n) is 9.26. The topological polar surface area (TPSA) is 75.2 Å². The van der Waals surface area contributed by atoms with Crippen LogP contribution in [0.4, 0.5) is 16.2 Å². The number of amides is 2. The third-order valence-corrected chi connectivity index (χ3v) is 6.44. The van der Waals surface area contributed by atoms with Crippen LogP contribution in [0, 0.1) is 0 Å². The highest BCUT2D eigenvalue weighted by Gasteiger charge is 2.16. The van der Waals surface area contributed by atoms with Gasteiger partial charge >= 0.3 is 6.03 Å². The van der Waals surface area contributed by atoms with E-state index in [1.165, 1.54) is 16.8 Å². The van der Waals surface area contributed by atoms with Crippen LogP contribution >= 0.6 is 0 Å². The van der Waals surface area contributed by atoms with Crippen LogP contribution in [0.1, 0.15) is 16.7 Å². The van der Waals surface area contributed by atoms with Gasteiger partial charge < -0.3 is 20.4 Å². The number of benzene rings is 3. The van der Waals surface area contributed by atoms with Crippen LogP contribution in [-0.2, 0) is 13.0 Å². The third-order valence-electron chi connectivity index (χ3n) is 6.44. The normalized spacial score (nSPS) is 15.7. The van der Waals surface area contributed by atoms with E-state index in [2.05, 4.69) is 63.4 Å². The number of carbonyl (C=O) groups is 1. The van der Waals surface area contributed by atoms with Gasteiger partial charge in [0, 0.05) is 51.2 Å². The summed E-state index contributed by atoms with van der Waals surface area (Å²) in [5.41, 5.74) is 8.84. The van der Waals surface area contributed by atoms with Crippen molar-refractivity contribution in [3.05, 3.63) is 120 Å². The molecule has 3 aliphatic heterocycles. The molecular formula is C30H35N7O. The highest BCUT2D eigenvalue weighted by atomic mass is 16.2. The molecule has 0 fully saturated rings. The minimum absolute atomic E-state index is 0.0232. The van der Waals surface area contributed by atoms with Crippen LogP contribution in [0.2, 0.25) is 0 Å². The molecule has 0 aromatic heterocycles. The van der Waals surface area contributed by atoms with Gasteiger partial charge in [-0.25, -0.2) is 9.79 Å². The number of urea groups is 1. The Labute approximate surface area is 224 Å². The van der Waals surface area contributed by atoms with Gasteiger partial charge in [0.05, 0.1) is 5.82 Å². The molecular weight excluding hydrogens is 474 g/mol. The van der Waals surface area contributed by atoms with E-state index < -0.39 is 0 Å². The summed E-state index contributed by atoms with van der Waals surface area (Å²) in [4.78, 5) is 19.5. The monoisotopic (exact) mass is 509 g/mol. The molecule has 3 aromatic carbocycles. The Balaban J connectivity index is 0.000000133. The van der Waals surface area contributed by atoms with Crippen LogP contribution < -0.4 is 16.1 Å². The number of carbonyl (C=O) groups excluding carboxylic acids is 1. The number of aliphatic imine (C=N–C) groups is 1. The first-order valence-corrected chi connectivity index (χ1v) is 12.5. The molecule has 0 radical (unpaired) electrons. The number of amidine groups is 1. The van der Waals surface area contributed by atoms with Crippen molar-refractivity contribution >= 4 is 23.2 Å². The number of rotatable bonds is 1. The quantitative estimate of drug-likeness (QED) is 0.427. The summed E-state index contributed by atoms with van der Waals surface area (Å²) in [5.74, 6) is 2.56. The number of hydrogen-bond donors (Lipinski definition) is 3. The van der Waals surface area contributed by atoms with E-state index in [9.17, 15) is 4.79 Å². The molecule has 0 saturated carbocycles. The molecule has 38 heavy (non-hydrogen) atoms. The lowest BCUT2D eigenvalue weighted by Crippen LogP contribution is -2.31. The molecule has 6 rings (SSSR count). The van der Waals surface area contributed by atoms with Crippen LogP contribution in [0.5, 0.6) is 0 Å². The Morgan fingerprint density at radius 1 is 0.763 bits per heavy atom. The van der Waals surface area contributed by atoms with E-state index in [0.29, 0.717) is 0 Å². The summed E-state index contributed by atoms with van der Waals surface area (Å²) in [5, 5.41) is 7.89. The second-order valence-corrected chi connectivity index (χ2v) is 9.26. The lowest BCUT2D eigenvalue weighted by atomic mass is 10.1. The van der Waals surface area contributed by atoms with Gasteiger partial charge in [-0.3, -0.25) is 10.4 Å². The van der Waals surface area contributed by atoms with Crippen molar-refractivity contribution in [3.63, 3.8) is 0 Å². The standard InChI is InChI=1S/C10H11N3.C10H12N2O.C10H12N2/c1-8-11-10(12-13(8)2)9-6-4-3-5-7-9;1-12-7-6-8-4-2-3-5-9(8)11-10(12)13;1-8-11-10-6-4-3-5-9(10)7-12(8)2/h3-7H,1H2,2H3,(H,11,12);2-5H,6-7H2,1H3,(H,11,13);3-6,11H,1,7H2,2H3. The van der Waals surface area contributed by atoms with Crippen molar-refractivity contribution < 1.29 is 4.79 Å². The average molecular weight is 510 g/mol. The predicted molar refractivity (Wildman–Crippen MR) is 155 cm³/mol. The summed E-state index contributed by atoms with van der Waals surface area (Å²) in [6.45, 7) is 9.42. The largest absolute Gasteiger partial charge is 0.357 e. The first-order chi connectivity index (χ1) is 18.3. The number of nitrogens with zero attached hydrogens (tertiary/aromatic N) is 4. The smallest absolute Gasteiger partial charge is 0.321 e. The van der Waals surface area contributed by atoms with Gasteiger partial charge in [-0.05, 0) is 29.7 Å². The Kier molecular flexibility index (Phi) is 8.33.